The number of amides is 2. The summed E-state index contributed by atoms with van der Waals surface area (Å²) in [5, 5.41) is 4.61. The Labute approximate surface area is 215 Å². The zero-order valence-corrected chi connectivity index (χ0v) is 22.0. The first-order chi connectivity index (χ1) is 16.9. The number of carbonyl (C=O) groups excluding carboxylic acids is 2. The third-order valence-corrected chi connectivity index (χ3v) is 5.57. The van der Waals surface area contributed by atoms with E-state index in [1.54, 1.807) is 55.7 Å². The number of pyridine rings is 1. The molecule has 0 saturated carbocycles. The highest BCUT2D eigenvalue weighted by Crippen LogP contribution is 2.33. The molecule has 7 nitrogen and oxygen atoms in total. The Kier molecular flexibility index (Phi) is 8.25. The smallest absolute Gasteiger partial charge is 0.407 e. The molecule has 3 rings (SSSR count). The number of halogens is 1. The molecule has 1 heterocycles. The zero-order chi connectivity index (χ0) is 26.6. The lowest BCUT2D eigenvalue weighted by molar-refractivity contribution is -0.113. The van der Waals surface area contributed by atoms with Gasteiger partial charge in [0.05, 0.1) is 6.54 Å². The molecule has 3 aromatic rings. The van der Waals surface area contributed by atoms with Crippen LogP contribution in [0.1, 0.15) is 45.9 Å². The third kappa shape index (κ3) is 6.76. The van der Waals surface area contributed by atoms with Crippen molar-refractivity contribution in [2.24, 2.45) is 11.7 Å². The summed E-state index contributed by atoms with van der Waals surface area (Å²) in [6.45, 7) is 9.96. The molecule has 0 aliphatic heterocycles. The van der Waals surface area contributed by atoms with Gasteiger partial charge in [0.15, 0.2) is 0 Å². The summed E-state index contributed by atoms with van der Waals surface area (Å²) < 4.78 is 7.14. The van der Waals surface area contributed by atoms with Crippen LogP contribution in [0.5, 0.6) is 0 Å². The van der Waals surface area contributed by atoms with Gasteiger partial charge < -0.3 is 20.4 Å². The van der Waals surface area contributed by atoms with Crippen LogP contribution in [0, 0.1) is 5.92 Å². The number of nitrogens with zero attached hydrogens (tertiary/aromatic N) is 1. The minimum absolute atomic E-state index is 0.0755. The van der Waals surface area contributed by atoms with Gasteiger partial charge >= 0.3 is 6.09 Å². The number of nitrogens with one attached hydrogen (secondary N) is 1. The Bertz CT molecular complexity index is 1370. The van der Waals surface area contributed by atoms with E-state index in [9.17, 15) is 14.4 Å². The van der Waals surface area contributed by atoms with Gasteiger partial charge in [0.1, 0.15) is 5.60 Å². The molecule has 0 saturated heterocycles. The summed E-state index contributed by atoms with van der Waals surface area (Å²) in [4.78, 5) is 37.5. The van der Waals surface area contributed by atoms with E-state index < -0.39 is 17.6 Å². The van der Waals surface area contributed by atoms with E-state index in [0.717, 1.165) is 11.1 Å². The highest BCUT2D eigenvalue weighted by atomic mass is 35.5. The van der Waals surface area contributed by atoms with Crippen molar-refractivity contribution in [3.63, 3.8) is 0 Å². The second-order valence-corrected chi connectivity index (χ2v) is 10.5. The number of rotatable bonds is 7. The highest BCUT2D eigenvalue weighted by Gasteiger charge is 2.21. The van der Waals surface area contributed by atoms with E-state index in [-0.39, 0.29) is 18.0 Å². The molecule has 0 radical (unpaired) electrons. The first-order valence-electron chi connectivity index (χ1n) is 11.8. The van der Waals surface area contributed by atoms with E-state index in [1.165, 1.54) is 6.08 Å². The minimum Gasteiger partial charge on any atom is -0.444 e. The fourth-order valence-corrected chi connectivity index (χ4v) is 4.07. The lowest BCUT2D eigenvalue weighted by Gasteiger charge is -2.23. The second kappa shape index (κ2) is 11.0. The van der Waals surface area contributed by atoms with Crippen LogP contribution in [-0.4, -0.2) is 22.2 Å². The number of ether oxygens (including phenoxy) is 1. The van der Waals surface area contributed by atoms with Gasteiger partial charge in [-0.15, -0.1) is 0 Å². The van der Waals surface area contributed by atoms with Crippen LogP contribution in [0.3, 0.4) is 0 Å². The van der Waals surface area contributed by atoms with Gasteiger partial charge in [-0.2, -0.15) is 0 Å². The maximum atomic E-state index is 13.7. The van der Waals surface area contributed by atoms with Crippen LogP contribution in [0.2, 0.25) is 5.02 Å². The van der Waals surface area contributed by atoms with Crippen LogP contribution in [0.15, 0.2) is 53.3 Å². The highest BCUT2D eigenvalue weighted by molar-refractivity contribution is 6.30. The van der Waals surface area contributed by atoms with Crippen LogP contribution >= 0.6 is 11.6 Å². The van der Waals surface area contributed by atoms with Crippen LogP contribution in [0.4, 0.5) is 4.79 Å². The maximum absolute atomic E-state index is 13.7. The predicted octanol–water partition coefficient (Wildman–Crippen LogP) is 5.50. The molecule has 1 aromatic heterocycles. The molecule has 0 aliphatic rings. The van der Waals surface area contributed by atoms with E-state index in [0.29, 0.717) is 33.6 Å². The van der Waals surface area contributed by atoms with Gasteiger partial charge in [-0.05, 0) is 73.5 Å². The number of hydrogen-bond donors (Lipinski definition) is 2. The summed E-state index contributed by atoms with van der Waals surface area (Å²) in [6.07, 6.45) is 2.30. The molecule has 190 valence electrons. The first kappa shape index (κ1) is 27.0. The Morgan fingerprint density at radius 2 is 1.78 bits per heavy atom. The maximum Gasteiger partial charge on any atom is 0.407 e. The largest absolute Gasteiger partial charge is 0.444 e. The summed E-state index contributed by atoms with van der Waals surface area (Å²) in [7, 11) is 0. The number of benzene rings is 2. The average Bonchev–Trinajstić information content (AvgIpc) is 2.77. The van der Waals surface area contributed by atoms with Gasteiger partial charge in [-0.1, -0.05) is 43.6 Å². The molecule has 0 spiro atoms. The monoisotopic (exact) mass is 509 g/mol. The summed E-state index contributed by atoms with van der Waals surface area (Å²) >= 11 is 6.16. The Morgan fingerprint density at radius 3 is 2.36 bits per heavy atom. The zero-order valence-electron chi connectivity index (χ0n) is 21.2. The molecular formula is C28H32ClN3O4. The van der Waals surface area contributed by atoms with Gasteiger partial charge in [0, 0.05) is 34.3 Å². The second-order valence-electron chi connectivity index (χ2n) is 10.0. The molecule has 8 heteroatoms. The van der Waals surface area contributed by atoms with Gasteiger partial charge in [-0.25, -0.2) is 4.79 Å². The molecular weight excluding hydrogens is 478 g/mol. The summed E-state index contributed by atoms with van der Waals surface area (Å²) in [5.74, 6) is -0.390. The lowest BCUT2D eigenvalue weighted by atomic mass is 9.94. The average molecular weight is 510 g/mol. The van der Waals surface area contributed by atoms with E-state index >= 15 is 0 Å². The third-order valence-electron chi connectivity index (χ3n) is 5.32. The number of carbonyl (C=O) groups is 2. The van der Waals surface area contributed by atoms with Crippen LogP contribution in [-0.2, 0) is 22.6 Å². The fraction of sp³-hybridized carbons (Fsp3) is 0.321. The topological polar surface area (TPSA) is 103 Å². The normalized spacial score (nSPS) is 11.9. The molecule has 0 bridgehead atoms. The van der Waals surface area contributed by atoms with Gasteiger partial charge in [0.25, 0.3) is 5.56 Å². The summed E-state index contributed by atoms with van der Waals surface area (Å²) in [5.41, 5.74) is 7.42. The van der Waals surface area contributed by atoms with Crippen molar-refractivity contribution in [3.8, 4) is 11.1 Å². The van der Waals surface area contributed by atoms with Crippen molar-refractivity contribution >= 4 is 40.4 Å². The van der Waals surface area contributed by atoms with E-state index in [4.69, 9.17) is 22.1 Å². The minimum atomic E-state index is -0.661. The van der Waals surface area contributed by atoms with Crippen LogP contribution < -0.4 is 16.6 Å². The molecule has 2 amide bonds. The van der Waals surface area contributed by atoms with Crippen LogP contribution in [0.25, 0.3) is 28.0 Å². The number of primary amides is 1. The lowest BCUT2D eigenvalue weighted by Crippen LogP contribution is -2.35. The van der Waals surface area contributed by atoms with Crippen molar-refractivity contribution in [1.29, 1.82) is 0 Å². The van der Waals surface area contributed by atoms with Gasteiger partial charge in [0.2, 0.25) is 5.91 Å². The summed E-state index contributed by atoms with van der Waals surface area (Å²) in [6, 6.07) is 12.7. The van der Waals surface area contributed by atoms with Crippen molar-refractivity contribution in [2.75, 3.05) is 0 Å². The SMILES string of the molecule is CC(C)Cn1c(CNC(=O)OC(C)(C)C)c(-c2ccc(Cl)cc2)c2cc(/C=C/C(N)=O)ccc2c1=O. The number of alkyl carbamates (subject to hydrolysis) is 1. The number of aromatic nitrogens is 1. The number of fused-ring (bicyclic) bond motifs is 1. The van der Waals surface area contributed by atoms with Crippen molar-refractivity contribution in [1.82, 2.24) is 9.88 Å². The molecule has 0 aliphatic carbocycles. The first-order valence-corrected chi connectivity index (χ1v) is 12.1. The molecule has 0 fully saturated rings. The molecule has 3 N–H and O–H groups in total. The van der Waals surface area contributed by atoms with E-state index in [2.05, 4.69) is 5.32 Å². The number of hydrogen-bond acceptors (Lipinski definition) is 4. The fourth-order valence-electron chi connectivity index (χ4n) is 3.95. The molecule has 2 aromatic carbocycles. The van der Waals surface area contributed by atoms with Crippen molar-refractivity contribution < 1.29 is 14.3 Å². The Morgan fingerprint density at radius 1 is 1.11 bits per heavy atom. The molecule has 36 heavy (non-hydrogen) atoms. The molecule has 0 atom stereocenters. The van der Waals surface area contributed by atoms with Crippen molar-refractivity contribution in [2.45, 2.75) is 53.3 Å². The number of nitrogens with two attached hydrogens (primary N) is 1. The Balaban J connectivity index is 2.31. The Hall–Kier alpha value is -3.58. The van der Waals surface area contributed by atoms with E-state index in [1.807, 2.05) is 32.0 Å². The molecule has 0 unspecified atom stereocenters. The quantitative estimate of drug-likeness (QED) is 0.410. The predicted molar refractivity (Wildman–Crippen MR) is 145 cm³/mol. The van der Waals surface area contributed by atoms with Crippen molar-refractivity contribution in [3.05, 3.63) is 75.2 Å². The van der Waals surface area contributed by atoms with Gasteiger partial charge in [-0.3, -0.25) is 9.59 Å². The standard InChI is InChI=1S/C28H32ClN3O4/c1-17(2)16-32-23(15-31-27(35)36-28(3,4)5)25(19-8-10-20(29)11-9-19)22-14-18(7-13-24(30)33)6-12-21(22)26(32)34/h6-14,17H,15-16H2,1-5H3,(H2,30,33)(H,31,35)/b13-7+.